The molecule has 3 heteroatoms. The zero-order valence-corrected chi connectivity index (χ0v) is 14.5. The Morgan fingerprint density at radius 2 is 1.65 bits per heavy atom. The summed E-state index contributed by atoms with van der Waals surface area (Å²) < 4.78 is 0. The molecule has 2 nitrogen and oxygen atoms in total. The Balaban J connectivity index is 1.85. The van der Waals surface area contributed by atoms with Crippen molar-refractivity contribution in [3.8, 4) is 11.3 Å². The average Bonchev–Trinajstić information content (AvgIpc) is 2.58. The molecule has 0 bridgehead atoms. The van der Waals surface area contributed by atoms with Gasteiger partial charge < -0.3 is 0 Å². The van der Waals surface area contributed by atoms with Crippen molar-refractivity contribution >= 4 is 16.8 Å². The van der Waals surface area contributed by atoms with Crippen molar-refractivity contribution in [1.82, 2.24) is 4.98 Å². The largest absolute Gasteiger partial charge is 0.276 e. The lowest BCUT2D eigenvalue weighted by molar-refractivity contribution is 0.108. The fourth-order valence-corrected chi connectivity index (χ4v) is 2.75. The maximum atomic E-state index is 11.1. The predicted octanol–water partition coefficient (Wildman–Crippen LogP) is 6.03. The number of hydrogen-bond acceptors (Lipinski definition) is 2. The molecule has 122 valence electrons. The van der Waals surface area contributed by atoms with E-state index in [1.807, 2.05) is 24.4 Å². The van der Waals surface area contributed by atoms with E-state index in [-0.39, 0.29) is 0 Å². The zero-order chi connectivity index (χ0) is 16.5. The van der Waals surface area contributed by atoms with Gasteiger partial charge in [0.1, 0.15) is 0 Å². The van der Waals surface area contributed by atoms with Gasteiger partial charge in [-0.1, -0.05) is 57.2 Å². The molecule has 0 amide bonds. The summed E-state index contributed by atoms with van der Waals surface area (Å²) in [4.78, 5) is 15.6. The van der Waals surface area contributed by atoms with Crippen LogP contribution >= 0.6 is 11.6 Å². The van der Waals surface area contributed by atoms with Gasteiger partial charge in [0.2, 0.25) is 0 Å². The van der Waals surface area contributed by atoms with Gasteiger partial charge >= 0.3 is 0 Å². The van der Waals surface area contributed by atoms with Gasteiger partial charge in [0.05, 0.1) is 5.69 Å². The van der Waals surface area contributed by atoms with Crippen molar-refractivity contribution in [2.75, 3.05) is 0 Å². The van der Waals surface area contributed by atoms with Gasteiger partial charge in [-0.05, 0) is 48.2 Å². The number of pyridine rings is 1. The SMILES string of the molecule is CCCCCCCCc1ccc(-c2ccc(C(=O)Cl)cc2)nc1. The number of carbonyl (C=O) groups excluding carboxylic acids is 1. The zero-order valence-electron chi connectivity index (χ0n) is 13.7. The van der Waals surface area contributed by atoms with Gasteiger partial charge in [-0.25, -0.2) is 0 Å². The van der Waals surface area contributed by atoms with E-state index in [4.69, 9.17) is 11.6 Å². The summed E-state index contributed by atoms with van der Waals surface area (Å²) in [5.74, 6) is 0. The summed E-state index contributed by atoms with van der Waals surface area (Å²) in [5.41, 5.74) is 3.72. The molecule has 0 saturated carbocycles. The summed E-state index contributed by atoms with van der Waals surface area (Å²) in [5, 5.41) is -0.432. The van der Waals surface area contributed by atoms with E-state index < -0.39 is 5.24 Å². The normalized spacial score (nSPS) is 10.7. The molecule has 0 saturated heterocycles. The highest BCUT2D eigenvalue weighted by Crippen LogP contribution is 2.19. The van der Waals surface area contributed by atoms with Crippen LogP contribution in [0, 0.1) is 0 Å². The van der Waals surface area contributed by atoms with Crippen molar-refractivity contribution in [3.05, 3.63) is 53.7 Å². The smallest absolute Gasteiger partial charge is 0.252 e. The second-order valence-electron chi connectivity index (χ2n) is 5.92. The van der Waals surface area contributed by atoms with Crippen LogP contribution in [0.25, 0.3) is 11.3 Å². The van der Waals surface area contributed by atoms with Crippen molar-refractivity contribution in [1.29, 1.82) is 0 Å². The molecule has 0 atom stereocenters. The first-order chi connectivity index (χ1) is 11.2. The summed E-state index contributed by atoms with van der Waals surface area (Å²) in [6.07, 6.45) is 10.9. The summed E-state index contributed by atoms with van der Waals surface area (Å²) in [7, 11) is 0. The molecular weight excluding hydrogens is 306 g/mol. The van der Waals surface area contributed by atoms with Crippen molar-refractivity contribution in [3.63, 3.8) is 0 Å². The van der Waals surface area contributed by atoms with Crippen LogP contribution in [-0.2, 0) is 6.42 Å². The highest BCUT2D eigenvalue weighted by atomic mass is 35.5. The minimum absolute atomic E-state index is 0.432. The van der Waals surface area contributed by atoms with Gasteiger partial charge in [-0.3, -0.25) is 9.78 Å². The Labute approximate surface area is 143 Å². The van der Waals surface area contributed by atoms with Gasteiger partial charge in [-0.2, -0.15) is 0 Å². The van der Waals surface area contributed by atoms with E-state index in [1.165, 1.54) is 44.1 Å². The first-order valence-electron chi connectivity index (χ1n) is 8.46. The van der Waals surface area contributed by atoms with Crippen molar-refractivity contribution in [2.24, 2.45) is 0 Å². The number of rotatable bonds is 9. The van der Waals surface area contributed by atoms with E-state index in [0.717, 1.165) is 17.7 Å². The lowest BCUT2D eigenvalue weighted by Gasteiger charge is -2.05. The first-order valence-corrected chi connectivity index (χ1v) is 8.83. The van der Waals surface area contributed by atoms with Crippen molar-refractivity contribution < 1.29 is 4.79 Å². The van der Waals surface area contributed by atoms with Gasteiger partial charge in [0.15, 0.2) is 0 Å². The summed E-state index contributed by atoms with van der Waals surface area (Å²) in [6.45, 7) is 2.24. The Kier molecular flexibility index (Phi) is 7.28. The highest BCUT2D eigenvalue weighted by Gasteiger charge is 2.04. The fraction of sp³-hybridized carbons (Fsp3) is 0.400. The van der Waals surface area contributed by atoms with Crippen LogP contribution in [0.15, 0.2) is 42.6 Å². The molecule has 1 aromatic heterocycles. The fourth-order valence-electron chi connectivity index (χ4n) is 2.62. The second kappa shape index (κ2) is 9.46. The number of carbonyl (C=O) groups is 1. The summed E-state index contributed by atoms with van der Waals surface area (Å²) in [6, 6.07) is 11.4. The Morgan fingerprint density at radius 1 is 0.957 bits per heavy atom. The number of nitrogens with zero attached hydrogens (tertiary/aromatic N) is 1. The van der Waals surface area contributed by atoms with Crippen LogP contribution in [0.5, 0.6) is 0 Å². The standard InChI is InChI=1S/C20H24ClNO/c1-2-3-4-5-6-7-8-16-9-14-19(22-15-16)17-10-12-18(13-11-17)20(21)23/h9-15H,2-8H2,1H3. The number of halogens is 1. The number of benzene rings is 1. The predicted molar refractivity (Wildman–Crippen MR) is 96.9 cm³/mol. The second-order valence-corrected chi connectivity index (χ2v) is 6.26. The lowest BCUT2D eigenvalue weighted by atomic mass is 10.0. The van der Waals surface area contributed by atoms with Crippen LogP contribution < -0.4 is 0 Å². The topological polar surface area (TPSA) is 30.0 Å². The third-order valence-corrected chi connectivity index (χ3v) is 4.27. The Hall–Kier alpha value is -1.67. The van der Waals surface area contributed by atoms with Crippen LogP contribution in [0.1, 0.15) is 61.4 Å². The van der Waals surface area contributed by atoms with Gasteiger partial charge in [0.25, 0.3) is 5.24 Å². The molecule has 2 aromatic rings. The number of aromatic nitrogens is 1. The van der Waals surface area contributed by atoms with Crippen LogP contribution in [-0.4, -0.2) is 10.2 Å². The molecule has 23 heavy (non-hydrogen) atoms. The van der Waals surface area contributed by atoms with Gasteiger partial charge in [-0.15, -0.1) is 0 Å². The molecule has 0 aliphatic carbocycles. The molecule has 0 radical (unpaired) electrons. The van der Waals surface area contributed by atoms with Gasteiger partial charge in [0, 0.05) is 17.3 Å². The lowest BCUT2D eigenvalue weighted by Crippen LogP contribution is -1.91. The molecule has 2 rings (SSSR count). The molecule has 1 heterocycles. The van der Waals surface area contributed by atoms with E-state index in [9.17, 15) is 4.79 Å². The first kappa shape index (κ1) is 17.7. The summed E-state index contributed by atoms with van der Waals surface area (Å²) >= 11 is 5.46. The Morgan fingerprint density at radius 3 is 2.26 bits per heavy atom. The van der Waals surface area contributed by atoms with E-state index in [2.05, 4.69) is 18.0 Å². The maximum Gasteiger partial charge on any atom is 0.252 e. The van der Waals surface area contributed by atoms with Crippen molar-refractivity contribution in [2.45, 2.75) is 51.9 Å². The van der Waals surface area contributed by atoms with E-state index in [0.29, 0.717) is 5.56 Å². The monoisotopic (exact) mass is 329 g/mol. The number of aryl methyl sites for hydroxylation is 1. The number of unbranched alkanes of at least 4 members (excludes halogenated alkanes) is 5. The third-order valence-electron chi connectivity index (χ3n) is 4.05. The van der Waals surface area contributed by atoms with E-state index >= 15 is 0 Å². The molecular formula is C20H24ClNO. The molecule has 0 fully saturated rings. The molecule has 0 spiro atoms. The van der Waals surface area contributed by atoms with Crippen LogP contribution in [0.3, 0.4) is 0 Å². The molecule has 0 aliphatic heterocycles. The minimum Gasteiger partial charge on any atom is -0.276 e. The molecule has 0 aliphatic rings. The quantitative estimate of drug-likeness (QED) is 0.415. The van der Waals surface area contributed by atoms with Crippen LogP contribution in [0.4, 0.5) is 0 Å². The molecule has 1 aromatic carbocycles. The minimum atomic E-state index is -0.432. The highest BCUT2D eigenvalue weighted by molar-refractivity contribution is 6.67. The molecule has 0 unspecified atom stereocenters. The maximum absolute atomic E-state index is 11.1. The third kappa shape index (κ3) is 5.80. The van der Waals surface area contributed by atoms with E-state index in [1.54, 1.807) is 12.1 Å². The number of hydrogen-bond donors (Lipinski definition) is 0. The Bertz CT molecular complexity index is 605. The van der Waals surface area contributed by atoms with Crippen LogP contribution in [0.2, 0.25) is 0 Å². The molecule has 0 N–H and O–H groups in total. The average molecular weight is 330 g/mol.